The number of rotatable bonds is 5. The van der Waals surface area contributed by atoms with Gasteiger partial charge in [0.05, 0.1) is 30.4 Å². The van der Waals surface area contributed by atoms with Gasteiger partial charge in [0.15, 0.2) is 0 Å². The molecule has 0 bridgehead atoms. The van der Waals surface area contributed by atoms with E-state index >= 15 is 0 Å². The van der Waals surface area contributed by atoms with Gasteiger partial charge >= 0.3 is 0 Å². The number of fused-ring (bicyclic) bond motifs is 1. The Morgan fingerprint density at radius 2 is 1.93 bits per heavy atom. The van der Waals surface area contributed by atoms with Crippen LogP contribution in [0.3, 0.4) is 0 Å². The summed E-state index contributed by atoms with van der Waals surface area (Å²) < 4.78 is 5.41. The Morgan fingerprint density at radius 3 is 2.75 bits per heavy atom. The molecule has 0 spiro atoms. The van der Waals surface area contributed by atoms with E-state index in [1.807, 2.05) is 47.4 Å². The minimum Gasteiger partial charge on any atom is -0.379 e. The van der Waals surface area contributed by atoms with Gasteiger partial charge in [-0.15, -0.1) is 0 Å². The molecule has 6 heteroatoms. The second-order valence-electron chi connectivity index (χ2n) is 7.14. The SMILES string of the molecule is N#Cc1cccc(C2Nc3ccccc3C(=O)N2CCCN2CCOCC2)c1. The lowest BCUT2D eigenvalue weighted by molar-refractivity contribution is 0.0348. The molecule has 144 valence electrons. The number of carbonyl (C=O) groups is 1. The second-order valence-corrected chi connectivity index (χ2v) is 7.14. The third-order valence-electron chi connectivity index (χ3n) is 5.33. The van der Waals surface area contributed by atoms with Gasteiger partial charge in [-0.3, -0.25) is 9.69 Å². The zero-order valence-electron chi connectivity index (χ0n) is 15.8. The van der Waals surface area contributed by atoms with E-state index < -0.39 is 0 Å². The van der Waals surface area contributed by atoms with Crippen LogP contribution in [0.1, 0.15) is 34.1 Å². The van der Waals surface area contributed by atoms with E-state index in [0.29, 0.717) is 17.7 Å². The summed E-state index contributed by atoms with van der Waals surface area (Å²) in [5.41, 5.74) is 3.05. The molecule has 0 aromatic heterocycles. The smallest absolute Gasteiger partial charge is 0.257 e. The number of nitrogens with one attached hydrogen (secondary N) is 1. The van der Waals surface area contributed by atoms with Crippen LogP contribution >= 0.6 is 0 Å². The van der Waals surface area contributed by atoms with Crippen molar-refractivity contribution >= 4 is 11.6 Å². The zero-order valence-corrected chi connectivity index (χ0v) is 15.8. The standard InChI is InChI=1S/C22H24N4O2/c23-16-17-5-3-6-18(15-17)21-24-20-8-2-1-7-19(20)22(27)26(21)10-4-9-25-11-13-28-14-12-25/h1-3,5-8,15,21,24H,4,9-14H2. The van der Waals surface area contributed by atoms with Crippen LogP contribution in [-0.2, 0) is 4.74 Å². The van der Waals surface area contributed by atoms with E-state index in [1.54, 1.807) is 6.07 Å². The van der Waals surface area contributed by atoms with Crippen LogP contribution in [0.15, 0.2) is 48.5 Å². The Hall–Kier alpha value is -2.88. The fourth-order valence-electron chi connectivity index (χ4n) is 3.85. The van der Waals surface area contributed by atoms with Crippen molar-refractivity contribution in [3.05, 3.63) is 65.2 Å². The van der Waals surface area contributed by atoms with Crippen LogP contribution in [0.4, 0.5) is 5.69 Å². The van der Waals surface area contributed by atoms with E-state index in [9.17, 15) is 10.1 Å². The average Bonchev–Trinajstić information content (AvgIpc) is 2.76. The summed E-state index contributed by atoms with van der Waals surface area (Å²) >= 11 is 0. The first-order valence-electron chi connectivity index (χ1n) is 9.73. The van der Waals surface area contributed by atoms with Gasteiger partial charge in [-0.05, 0) is 36.2 Å². The molecule has 0 radical (unpaired) electrons. The van der Waals surface area contributed by atoms with Gasteiger partial charge in [0.1, 0.15) is 6.17 Å². The quantitative estimate of drug-likeness (QED) is 0.869. The Morgan fingerprint density at radius 1 is 1.11 bits per heavy atom. The van der Waals surface area contributed by atoms with Crippen molar-refractivity contribution in [2.45, 2.75) is 12.6 Å². The summed E-state index contributed by atoms with van der Waals surface area (Å²) in [7, 11) is 0. The number of hydrogen-bond donors (Lipinski definition) is 1. The molecular weight excluding hydrogens is 352 g/mol. The molecule has 2 aromatic rings. The molecule has 2 heterocycles. The molecule has 1 amide bonds. The predicted octanol–water partition coefficient (Wildman–Crippen LogP) is 2.85. The topological polar surface area (TPSA) is 68.6 Å². The normalized spacial score (nSPS) is 19.6. The maximum atomic E-state index is 13.2. The van der Waals surface area contributed by atoms with Gasteiger partial charge in [-0.2, -0.15) is 5.26 Å². The fraction of sp³-hybridized carbons (Fsp3) is 0.364. The fourth-order valence-corrected chi connectivity index (χ4v) is 3.85. The van der Waals surface area contributed by atoms with Crippen molar-refractivity contribution in [3.63, 3.8) is 0 Å². The van der Waals surface area contributed by atoms with E-state index in [-0.39, 0.29) is 12.1 Å². The number of anilines is 1. The van der Waals surface area contributed by atoms with Crippen molar-refractivity contribution < 1.29 is 9.53 Å². The van der Waals surface area contributed by atoms with Gasteiger partial charge in [0.25, 0.3) is 5.91 Å². The first-order chi connectivity index (χ1) is 13.8. The van der Waals surface area contributed by atoms with E-state index in [0.717, 1.165) is 50.5 Å². The number of nitrogens with zero attached hydrogens (tertiary/aromatic N) is 3. The van der Waals surface area contributed by atoms with Crippen molar-refractivity contribution in [1.29, 1.82) is 5.26 Å². The molecule has 1 atom stereocenters. The van der Waals surface area contributed by atoms with Crippen molar-refractivity contribution in [2.75, 3.05) is 44.7 Å². The molecule has 1 fully saturated rings. The number of hydrogen-bond acceptors (Lipinski definition) is 5. The molecule has 1 saturated heterocycles. The van der Waals surface area contributed by atoms with Gasteiger partial charge in [-0.25, -0.2) is 0 Å². The summed E-state index contributed by atoms with van der Waals surface area (Å²) in [6, 6.07) is 17.3. The van der Waals surface area contributed by atoms with Gasteiger partial charge in [0.2, 0.25) is 0 Å². The highest BCUT2D eigenvalue weighted by Gasteiger charge is 2.32. The molecule has 0 aliphatic carbocycles. The molecule has 1 N–H and O–H groups in total. The summed E-state index contributed by atoms with van der Waals surface area (Å²) in [5.74, 6) is 0.0312. The van der Waals surface area contributed by atoms with E-state index in [1.165, 1.54) is 0 Å². The molecule has 4 rings (SSSR count). The molecular formula is C22H24N4O2. The van der Waals surface area contributed by atoms with Crippen molar-refractivity contribution in [3.8, 4) is 6.07 Å². The van der Waals surface area contributed by atoms with E-state index in [2.05, 4.69) is 16.3 Å². The number of amides is 1. The third-order valence-corrected chi connectivity index (χ3v) is 5.33. The highest BCUT2D eigenvalue weighted by Crippen LogP contribution is 2.33. The lowest BCUT2D eigenvalue weighted by atomic mass is 10.0. The number of ether oxygens (including phenoxy) is 1. The zero-order chi connectivity index (χ0) is 19.3. The molecule has 2 aliphatic rings. The maximum absolute atomic E-state index is 13.2. The van der Waals surface area contributed by atoms with E-state index in [4.69, 9.17) is 4.74 Å². The minimum atomic E-state index is -0.277. The summed E-state index contributed by atoms with van der Waals surface area (Å²) in [4.78, 5) is 17.5. The maximum Gasteiger partial charge on any atom is 0.257 e. The van der Waals surface area contributed by atoms with Gasteiger partial charge < -0.3 is 15.0 Å². The number of carbonyl (C=O) groups excluding carboxylic acids is 1. The summed E-state index contributed by atoms with van der Waals surface area (Å²) in [6.07, 6.45) is 0.615. The van der Waals surface area contributed by atoms with Gasteiger partial charge in [-0.1, -0.05) is 24.3 Å². The Labute approximate surface area is 165 Å². The monoisotopic (exact) mass is 376 g/mol. The lowest BCUT2D eigenvalue weighted by Gasteiger charge is -2.38. The molecule has 1 unspecified atom stereocenters. The average molecular weight is 376 g/mol. The highest BCUT2D eigenvalue weighted by molar-refractivity contribution is 6.01. The van der Waals surface area contributed by atoms with Crippen molar-refractivity contribution in [2.24, 2.45) is 0 Å². The van der Waals surface area contributed by atoms with Crippen LogP contribution in [0.2, 0.25) is 0 Å². The predicted molar refractivity (Wildman–Crippen MR) is 107 cm³/mol. The molecule has 0 saturated carbocycles. The Balaban J connectivity index is 1.56. The Bertz CT molecular complexity index is 886. The molecule has 2 aliphatic heterocycles. The number of nitriles is 1. The number of para-hydroxylation sites is 1. The van der Waals surface area contributed by atoms with Crippen LogP contribution < -0.4 is 5.32 Å². The summed E-state index contributed by atoms with van der Waals surface area (Å²) in [6.45, 7) is 5.05. The largest absolute Gasteiger partial charge is 0.379 e. The summed E-state index contributed by atoms with van der Waals surface area (Å²) in [5, 5.41) is 12.8. The first kappa shape index (κ1) is 18.5. The van der Waals surface area contributed by atoms with Crippen LogP contribution in [0.5, 0.6) is 0 Å². The third kappa shape index (κ3) is 3.86. The van der Waals surface area contributed by atoms with Crippen LogP contribution in [-0.4, -0.2) is 55.1 Å². The minimum absolute atomic E-state index is 0.0312. The molecule has 28 heavy (non-hydrogen) atoms. The number of morpholine rings is 1. The van der Waals surface area contributed by atoms with Crippen LogP contribution in [0.25, 0.3) is 0 Å². The molecule has 2 aromatic carbocycles. The lowest BCUT2D eigenvalue weighted by Crippen LogP contribution is -2.44. The first-order valence-corrected chi connectivity index (χ1v) is 9.73. The highest BCUT2D eigenvalue weighted by atomic mass is 16.5. The Kier molecular flexibility index (Phi) is 5.56. The second kappa shape index (κ2) is 8.42. The van der Waals surface area contributed by atoms with Gasteiger partial charge in [0, 0.05) is 31.9 Å². The number of benzene rings is 2. The molecule has 6 nitrogen and oxygen atoms in total. The van der Waals surface area contributed by atoms with Crippen molar-refractivity contribution in [1.82, 2.24) is 9.80 Å². The van der Waals surface area contributed by atoms with Crippen LogP contribution in [0, 0.1) is 11.3 Å².